The van der Waals surface area contributed by atoms with E-state index in [1.807, 2.05) is 12.1 Å². The Morgan fingerprint density at radius 1 is 0.535 bits per heavy atom. The highest BCUT2D eigenvalue weighted by Crippen LogP contribution is 2.41. The summed E-state index contributed by atoms with van der Waals surface area (Å²) >= 11 is 1.69. The molecule has 5 heteroatoms. The number of fused-ring (bicyclic) bond motifs is 10. The molecule has 4 nitrogen and oxygen atoms in total. The van der Waals surface area contributed by atoms with Gasteiger partial charge in [-0.1, -0.05) is 84.9 Å². The zero-order valence-electron chi connectivity index (χ0n) is 22.8. The van der Waals surface area contributed by atoms with Crippen LogP contribution in [0.3, 0.4) is 0 Å². The maximum absolute atomic E-state index is 6.32. The van der Waals surface area contributed by atoms with E-state index < -0.39 is 0 Å². The third kappa shape index (κ3) is 3.25. The van der Waals surface area contributed by atoms with Gasteiger partial charge < -0.3 is 4.42 Å². The van der Waals surface area contributed by atoms with Crippen LogP contribution in [-0.2, 0) is 0 Å². The summed E-state index contributed by atoms with van der Waals surface area (Å²) in [6.07, 6.45) is 0. The molecular weight excluding hydrogens is 547 g/mol. The van der Waals surface area contributed by atoms with Crippen LogP contribution in [0, 0.1) is 0 Å². The molecule has 43 heavy (non-hydrogen) atoms. The maximum atomic E-state index is 6.32. The van der Waals surface area contributed by atoms with Gasteiger partial charge in [0.25, 0.3) is 0 Å². The summed E-state index contributed by atoms with van der Waals surface area (Å²) in [5, 5.41) is 8.15. The molecule has 0 radical (unpaired) electrons. The minimum Gasteiger partial charge on any atom is -0.456 e. The molecule has 0 aliphatic heterocycles. The van der Waals surface area contributed by atoms with Crippen molar-refractivity contribution in [1.29, 1.82) is 0 Å². The van der Waals surface area contributed by atoms with Crippen LogP contribution < -0.4 is 0 Å². The lowest BCUT2D eigenvalue weighted by atomic mass is 10.1. The largest absolute Gasteiger partial charge is 0.456 e. The predicted molar refractivity (Wildman–Crippen MR) is 179 cm³/mol. The Morgan fingerprint density at radius 3 is 2.16 bits per heavy atom. The molecule has 10 aromatic rings. The first kappa shape index (κ1) is 23.1. The van der Waals surface area contributed by atoms with Gasteiger partial charge in [0.1, 0.15) is 27.2 Å². The van der Waals surface area contributed by atoms with Crippen molar-refractivity contribution in [2.45, 2.75) is 0 Å². The summed E-state index contributed by atoms with van der Waals surface area (Å²) < 4.78 is 9.80. The van der Waals surface area contributed by atoms with Crippen LogP contribution in [0.2, 0.25) is 0 Å². The highest BCUT2D eigenvalue weighted by atomic mass is 32.1. The van der Waals surface area contributed by atoms with Gasteiger partial charge in [0.15, 0.2) is 5.82 Å². The fourth-order valence-electron chi connectivity index (χ4n) is 6.62. The van der Waals surface area contributed by atoms with Crippen molar-refractivity contribution in [3.05, 3.63) is 127 Å². The molecule has 200 valence electrons. The van der Waals surface area contributed by atoms with E-state index >= 15 is 0 Å². The van der Waals surface area contributed by atoms with E-state index in [-0.39, 0.29) is 0 Å². The van der Waals surface area contributed by atoms with E-state index in [2.05, 4.69) is 120 Å². The minimum atomic E-state index is 0.816. The van der Waals surface area contributed by atoms with E-state index in [1.165, 1.54) is 26.2 Å². The first-order chi connectivity index (χ1) is 21.3. The summed E-state index contributed by atoms with van der Waals surface area (Å²) in [5.41, 5.74) is 6.67. The Kier molecular flexibility index (Phi) is 4.57. The van der Waals surface area contributed by atoms with E-state index in [1.54, 1.807) is 11.3 Å². The molecule has 0 saturated carbocycles. The van der Waals surface area contributed by atoms with Crippen LogP contribution in [0.4, 0.5) is 0 Å². The topological polar surface area (TPSA) is 43.9 Å². The summed E-state index contributed by atoms with van der Waals surface area (Å²) in [6, 6.07) is 44.8. The van der Waals surface area contributed by atoms with Crippen LogP contribution in [0.15, 0.2) is 132 Å². The van der Waals surface area contributed by atoms with Gasteiger partial charge in [-0.15, -0.1) is 11.3 Å². The van der Waals surface area contributed by atoms with Crippen LogP contribution in [0.1, 0.15) is 0 Å². The second kappa shape index (κ2) is 8.51. The van der Waals surface area contributed by atoms with Gasteiger partial charge in [0.05, 0.1) is 11.0 Å². The molecule has 4 aromatic heterocycles. The number of thiophene rings is 1. The number of rotatable bonds is 2. The molecule has 0 aliphatic carbocycles. The lowest BCUT2D eigenvalue weighted by Crippen LogP contribution is -2.03. The second-order valence-corrected chi connectivity index (χ2v) is 12.1. The van der Waals surface area contributed by atoms with Gasteiger partial charge in [0, 0.05) is 37.2 Å². The lowest BCUT2D eigenvalue weighted by molar-refractivity contribution is 0.669. The van der Waals surface area contributed by atoms with Gasteiger partial charge in [-0.05, 0) is 53.2 Å². The van der Waals surface area contributed by atoms with Crippen molar-refractivity contribution < 1.29 is 4.42 Å². The fourth-order valence-corrected chi connectivity index (χ4v) is 7.63. The third-order valence-corrected chi connectivity index (χ3v) is 9.65. The molecule has 0 bridgehead atoms. The normalized spacial score (nSPS) is 12.2. The monoisotopic (exact) mass is 567 g/mol. The standard InChI is InChI=1S/C38H21N3OS/c1-2-10-23-20-31-29(19-22(23)9-1)25-11-3-6-14-30(25)41(31)37-35(39-36-28-13-5-8-16-34(28)43-38(36)40-37)24-17-18-27-26-12-4-7-15-32(26)42-33(27)21-24/h1-21H. The lowest BCUT2D eigenvalue weighted by Gasteiger charge is -2.13. The quantitative estimate of drug-likeness (QED) is 0.209. The van der Waals surface area contributed by atoms with E-state index in [0.29, 0.717) is 0 Å². The van der Waals surface area contributed by atoms with Crippen molar-refractivity contribution >= 4 is 86.3 Å². The molecule has 0 saturated heterocycles. The molecule has 0 N–H and O–H groups in total. The van der Waals surface area contributed by atoms with Crippen molar-refractivity contribution in [3.63, 3.8) is 0 Å². The van der Waals surface area contributed by atoms with Gasteiger partial charge >= 0.3 is 0 Å². The molecule has 10 rings (SSSR count). The van der Waals surface area contributed by atoms with Crippen LogP contribution in [0.5, 0.6) is 0 Å². The summed E-state index contributed by atoms with van der Waals surface area (Å²) in [4.78, 5) is 11.8. The summed E-state index contributed by atoms with van der Waals surface area (Å²) in [5.74, 6) is 0.816. The van der Waals surface area contributed by atoms with E-state index in [4.69, 9.17) is 14.4 Å². The van der Waals surface area contributed by atoms with Crippen molar-refractivity contribution in [3.8, 4) is 17.1 Å². The zero-order valence-corrected chi connectivity index (χ0v) is 23.6. The molecule has 4 heterocycles. The molecule has 0 amide bonds. The van der Waals surface area contributed by atoms with E-state index in [9.17, 15) is 0 Å². The van der Waals surface area contributed by atoms with Crippen molar-refractivity contribution in [2.75, 3.05) is 0 Å². The number of aromatic nitrogens is 3. The van der Waals surface area contributed by atoms with E-state index in [0.717, 1.165) is 65.8 Å². The highest BCUT2D eigenvalue weighted by Gasteiger charge is 2.22. The summed E-state index contributed by atoms with van der Waals surface area (Å²) in [6.45, 7) is 0. The number of hydrogen-bond donors (Lipinski definition) is 0. The Morgan fingerprint density at radius 2 is 1.26 bits per heavy atom. The first-order valence-corrected chi connectivity index (χ1v) is 15.2. The molecular formula is C38H21N3OS. The predicted octanol–water partition coefficient (Wildman–Crippen LogP) is 10.7. The highest BCUT2D eigenvalue weighted by molar-refractivity contribution is 7.25. The molecule has 0 aliphatic rings. The first-order valence-electron chi connectivity index (χ1n) is 14.3. The van der Waals surface area contributed by atoms with Gasteiger partial charge in [-0.3, -0.25) is 4.57 Å². The zero-order chi connectivity index (χ0) is 28.1. The van der Waals surface area contributed by atoms with Crippen LogP contribution in [0.25, 0.3) is 92.0 Å². The maximum Gasteiger partial charge on any atom is 0.166 e. The number of para-hydroxylation sites is 2. The average molecular weight is 568 g/mol. The van der Waals surface area contributed by atoms with Crippen LogP contribution >= 0.6 is 11.3 Å². The number of hydrogen-bond acceptors (Lipinski definition) is 4. The summed E-state index contributed by atoms with van der Waals surface area (Å²) in [7, 11) is 0. The third-order valence-electron chi connectivity index (χ3n) is 8.60. The van der Waals surface area contributed by atoms with Crippen LogP contribution in [-0.4, -0.2) is 14.5 Å². The molecule has 0 unspecified atom stereocenters. The smallest absolute Gasteiger partial charge is 0.166 e. The van der Waals surface area contributed by atoms with Gasteiger partial charge in [0.2, 0.25) is 0 Å². The second-order valence-electron chi connectivity index (χ2n) is 11.0. The Hall–Kier alpha value is -5.52. The number of benzene rings is 6. The molecule has 0 fully saturated rings. The molecule has 0 spiro atoms. The minimum absolute atomic E-state index is 0.816. The van der Waals surface area contributed by atoms with Gasteiger partial charge in [-0.25, -0.2) is 9.97 Å². The Bertz CT molecular complexity index is 2750. The average Bonchev–Trinajstić information content (AvgIpc) is 3.71. The Balaban J connectivity index is 1.36. The Labute approximate surface area is 249 Å². The van der Waals surface area contributed by atoms with Gasteiger partial charge in [-0.2, -0.15) is 0 Å². The molecule has 0 atom stereocenters. The number of furan rings is 1. The van der Waals surface area contributed by atoms with Crippen molar-refractivity contribution in [1.82, 2.24) is 14.5 Å². The molecule has 6 aromatic carbocycles. The number of nitrogens with zero attached hydrogens (tertiary/aromatic N) is 3. The van der Waals surface area contributed by atoms with Crippen molar-refractivity contribution in [2.24, 2.45) is 0 Å². The SMILES string of the molecule is c1ccc2cc3c(cc2c1)c1ccccc1n3-c1nc2sc3ccccc3c2nc1-c1ccc2c(c1)oc1ccccc12. The fraction of sp³-hybridized carbons (Fsp3) is 0.